The molecule has 1 unspecified atom stereocenters. The van der Waals surface area contributed by atoms with Gasteiger partial charge < -0.3 is 16.4 Å². The molecule has 2 aromatic carbocycles. The van der Waals surface area contributed by atoms with E-state index in [1.807, 2.05) is 31.2 Å². The quantitative estimate of drug-likeness (QED) is 0.651. The number of benzene rings is 2. The highest BCUT2D eigenvalue weighted by atomic mass is 16.2. The van der Waals surface area contributed by atoms with E-state index in [2.05, 4.69) is 10.6 Å². The zero-order chi connectivity index (χ0) is 20.7. The van der Waals surface area contributed by atoms with Crippen molar-refractivity contribution in [1.29, 1.82) is 0 Å². The number of carbonyl (C=O) groups excluding carboxylic acids is 3. The summed E-state index contributed by atoms with van der Waals surface area (Å²) in [6.07, 6.45) is 0.819. The van der Waals surface area contributed by atoms with Crippen molar-refractivity contribution >= 4 is 29.1 Å². The van der Waals surface area contributed by atoms with E-state index in [4.69, 9.17) is 5.73 Å². The lowest BCUT2D eigenvalue weighted by molar-refractivity contribution is -0.122. The largest absolute Gasteiger partial charge is 0.366 e. The molecule has 0 aliphatic heterocycles. The molecule has 0 spiro atoms. The number of amides is 3. The minimum Gasteiger partial charge on any atom is -0.366 e. The van der Waals surface area contributed by atoms with Gasteiger partial charge in [0.1, 0.15) is 0 Å². The van der Waals surface area contributed by atoms with E-state index in [9.17, 15) is 14.4 Å². The molecule has 0 saturated carbocycles. The Morgan fingerprint density at radius 1 is 1.04 bits per heavy atom. The Morgan fingerprint density at radius 3 is 2.29 bits per heavy atom. The third-order valence-corrected chi connectivity index (χ3v) is 4.54. The highest BCUT2D eigenvalue weighted by molar-refractivity contribution is 5.97. The van der Waals surface area contributed by atoms with Crippen LogP contribution in [0, 0.1) is 0 Å². The Kier molecular flexibility index (Phi) is 7.28. The molecule has 0 radical (unpaired) electrons. The van der Waals surface area contributed by atoms with Gasteiger partial charge in [-0.1, -0.05) is 25.1 Å². The third-order valence-electron chi connectivity index (χ3n) is 4.54. The smallest absolute Gasteiger partial charge is 0.248 e. The minimum absolute atomic E-state index is 0.0766. The van der Waals surface area contributed by atoms with Crippen molar-refractivity contribution in [1.82, 2.24) is 4.90 Å². The molecule has 0 aliphatic rings. The van der Waals surface area contributed by atoms with Crippen LogP contribution in [-0.4, -0.2) is 42.3 Å². The average Bonchev–Trinajstić information content (AvgIpc) is 2.68. The molecule has 4 N–H and O–H groups in total. The van der Waals surface area contributed by atoms with Gasteiger partial charge in [0.25, 0.3) is 0 Å². The molecular weight excluding hydrogens is 356 g/mol. The molecule has 2 aromatic rings. The Hall–Kier alpha value is -3.19. The van der Waals surface area contributed by atoms with Gasteiger partial charge in [0.15, 0.2) is 0 Å². The first-order valence-corrected chi connectivity index (χ1v) is 9.10. The van der Waals surface area contributed by atoms with Gasteiger partial charge in [0.2, 0.25) is 17.7 Å². The first-order chi connectivity index (χ1) is 13.3. The lowest BCUT2D eigenvalue weighted by atomic mass is 10.1. The van der Waals surface area contributed by atoms with Crippen molar-refractivity contribution < 1.29 is 14.4 Å². The van der Waals surface area contributed by atoms with Gasteiger partial charge in [0, 0.05) is 16.9 Å². The standard InChI is InChI=1S/C21H26N4O3/c1-4-15-7-5-6-8-18(15)24-19(26)13-25(3)14(2)21(28)23-17-11-9-16(10-12-17)20(22)27/h5-12,14H,4,13H2,1-3H3,(H2,22,27)(H,23,28)(H,24,26). The molecule has 0 heterocycles. The summed E-state index contributed by atoms with van der Waals surface area (Å²) in [4.78, 5) is 37.5. The number of carbonyl (C=O) groups is 3. The number of aryl methyl sites for hydroxylation is 1. The van der Waals surface area contributed by atoms with E-state index >= 15 is 0 Å². The van der Waals surface area contributed by atoms with Crippen molar-refractivity contribution in [2.75, 3.05) is 24.2 Å². The van der Waals surface area contributed by atoms with E-state index in [1.54, 1.807) is 43.1 Å². The predicted molar refractivity (Wildman–Crippen MR) is 110 cm³/mol. The molecule has 0 fully saturated rings. The number of anilines is 2. The Morgan fingerprint density at radius 2 is 1.68 bits per heavy atom. The number of hydrogen-bond acceptors (Lipinski definition) is 4. The van der Waals surface area contributed by atoms with Crippen molar-refractivity contribution in [3.63, 3.8) is 0 Å². The maximum Gasteiger partial charge on any atom is 0.248 e. The van der Waals surface area contributed by atoms with Gasteiger partial charge >= 0.3 is 0 Å². The average molecular weight is 382 g/mol. The fourth-order valence-electron chi connectivity index (χ4n) is 2.67. The Balaban J connectivity index is 1.91. The fourth-order valence-corrected chi connectivity index (χ4v) is 2.67. The number of rotatable bonds is 8. The van der Waals surface area contributed by atoms with Crippen LogP contribution in [0.5, 0.6) is 0 Å². The molecule has 7 heteroatoms. The summed E-state index contributed by atoms with van der Waals surface area (Å²) in [6, 6.07) is 13.4. The van der Waals surface area contributed by atoms with Gasteiger partial charge in [0.05, 0.1) is 12.6 Å². The van der Waals surface area contributed by atoms with Gasteiger partial charge in [-0.3, -0.25) is 19.3 Å². The highest BCUT2D eigenvalue weighted by Crippen LogP contribution is 2.15. The monoisotopic (exact) mass is 382 g/mol. The van der Waals surface area contributed by atoms with Crippen LogP contribution in [0.25, 0.3) is 0 Å². The van der Waals surface area contributed by atoms with Crippen LogP contribution < -0.4 is 16.4 Å². The Labute approximate surface area is 164 Å². The summed E-state index contributed by atoms with van der Waals surface area (Å²) >= 11 is 0. The van der Waals surface area contributed by atoms with Crippen molar-refractivity contribution in [2.24, 2.45) is 5.73 Å². The van der Waals surface area contributed by atoms with Crippen LogP contribution >= 0.6 is 0 Å². The van der Waals surface area contributed by atoms with Crippen LogP contribution in [0.2, 0.25) is 0 Å². The Bertz CT molecular complexity index is 849. The molecule has 0 aliphatic carbocycles. The van der Waals surface area contributed by atoms with Gasteiger partial charge in [-0.2, -0.15) is 0 Å². The molecular formula is C21H26N4O3. The second-order valence-electron chi connectivity index (χ2n) is 6.58. The minimum atomic E-state index is -0.526. The molecule has 148 valence electrons. The molecule has 0 saturated heterocycles. The van der Waals surface area contributed by atoms with Crippen molar-refractivity contribution in [3.05, 3.63) is 59.7 Å². The number of primary amides is 1. The summed E-state index contributed by atoms with van der Waals surface area (Å²) in [5, 5.41) is 5.66. The maximum atomic E-state index is 12.4. The lowest BCUT2D eigenvalue weighted by Crippen LogP contribution is -2.43. The molecule has 0 bridgehead atoms. The summed E-state index contributed by atoms with van der Waals surface area (Å²) in [7, 11) is 1.71. The molecule has 3 amide bonds. The molecule has 2 rings (SSSR count). The molecule has 7 nitrogen and oxygen atoms in total. The predicted octanol–water partition coefficient (Wildman–Crippen LogP) is 2.25. The first kappa shape index (κ1) is 21.1. The molecule has 1 atom stereocenters. The van der Waals surface area contributed by atoms with Crippen LogP contribution in [0.1, 0.15) is 29.8 Å². The maximum absolute atomic E-state index is 12.4. The molecule has 28 heavy (non-hydrogen) atoms. The number of nitrogens with one attached hydrogen (secondary N) is 2. The second kappa shape index (κ2) is 9.66. The SMILES string of the molecule is CCc1ccccc1NC(=O)CN(C)C(C)C(=O)Nc1ccc(C(N)=O)cc1. The zero-order valence-electron chi connectivity index (χ0n) is 16.4. The number of nitrogens with zero attached hydrogens (tertiary/aromatic N) is 1. The summed E-state index contributed by atoms with van der Waals surface area (Å²) in [5.41, 5.74) is 7.97. The van der Waals surface area contributed by atoms with E-state index in [-0.39, 0.29) is 18.4 Å². The van der Waals surface area contributed by atoms with E-state index in [1.165, 1.54) is 0 Å². The van der Waals surface area contributed by atoms with Crippen molar-refractivity contribution in [3.8, 4) is 0 Å². The summed E-state index contributed by atoms with van der Waals surface area (Å²) in [6.45, 7) is 3.83. The molecule has 0 aromatic heterocycles. The first-order valence-electron chi connectivity index (χ1n) is 9.10. The van der Waals surface area contributed by atoms with E-state index in [0.717, 1.165) is 17.7 Å². The van der Waals surface area contributed by atoms with Gasteiger partial charge in [-0.15, -0.1) is 0 Å². The summed E-state index contributed by atoms with van der Waals surface area (Å²) < 4.78 is 0. The van der Waals surface area contributed by atoms with E-state index in [0.29, 0.717) is 11.3 Å². The van der Waals surface area contributed by atoms with Crippen LogP contribution in [-0.2, 0) is 16.0 Å². The highest BCUT2D eigenvalue weighted by Gasteiger charge is 2.20. The fraction of sp³-hybridized carbons (Fsp3) is 0.286. The topological polar surface area (TPSA) is 105 Å². The van der Waals surface area contributed by atoms with Crippen molar-refractivity contribution in [2.45, 2.75) is 26.3 Å². The lowest BCUT2D eigenvalue weighted by Gasteiger charge is -2.23. The van der Waals surface area contributed by atoms with E-state index < -0.39 is 11.9 Å². The number of hydrogen-bond donors (Lipinski definition) is 3. The zero-order valence-corrected chi connectivity index (χ0v) is 16.4. The van der Waals surface area contributed by atoms with Crippen LogP contribution in [0.3, 0.4) is 0 Å². The van der Waals surface area contributed by atoms with Gasteiger partial charge in [-0.25, -0.2) is 0 Å². The number of para-hydroxylation sites is 1. The number of likely N-dealkylation sites (N-methyl/N-ethyl adjacent to an activating group) is 1. The third kappa shape index (κ3) is 5.65. The number of nitrogens with two attached hydrogens (primary N) is 1. The van der Waals surface area contributed by atoms with Gasteiger partial charge in [-0.05, 0) is 56.3 Å². The summed E-state index contributed by atoms with van der Waals surface area (Å²) in [5.74, 6) is -0.966. The second-order valence-corrected chi connectivity index (χ2v) is 6.58. The van der Waals surface area contributed by atoms with Crippen LogP contribution in [0.4, 0.5) is 11.4 Å². The van der Waals surface area contributed by atoms with Crippen LogP contribution in [0.15, 0.2) is 48.5 Å². The normalized spacial score (nSPS) is 11.7.